The number of likely N-dealkylation sites (tertiary alicyclic amines) is 1. The lowest BCUT2D eigenvalue weighted by Crippen LogP contribution is -2.34. The van der Waals surface area contributed by atoms with E-state index in [2.05, 4.69) is 24.0 Å². The fourth-order valence-electron chi connectivity index (χ4n) is 2.66. The van der Waals surface area contributed by atoms with Gasteiger partial charge in [0.05, 0.1) is 6.04 Å². The highest BCUT2D eigenvalue weighted by molar-refractivity contribution is 5.87. The molecule has 0 aromatic heterocycles. The van der Waals surface area contributed by atoms with Crippen molar-refractivity contribution in [2.24, 2.45) is 5.92 Å². The predicted octanol–water partition coefficient (Wildman–Crippen LogP) is 3.44. The molecular formula is C16H23NO. The number of hydrogen-bond acceptors (Lipinski definition) is 2. The minimum atomic E-state index is -0.0244. The molecule has 1 heterocycles. The smallest absolute Gasteiger partial charge is 0.157 e. The van der Waals surface area contributed by atoms with E-state index in [1.165, 1.54) is 12.8 Å². The molecule has 0 aliphatic carbocycles. The summed E-state index contributed by atoms with van der Waals surface area (Å²) in [4.78, 5) is 15.0. The van der Waals surface area contributed by atoms with Gasteiger partial charge in [-0.2, -0.15) is 0 Å². The molecule has 1 aliphatic heterocycles. The molecule has 2 nitrogen and oxygen atoms in total. The molecule has 0 bridgehead atoms. The van der Waals surface area contributed by atoms with Crippen LogP contribution in [0, 0.1) is 5.92 Å². The Hall–Kier alpha value is -1.15. The van der Waals surface area contributed by atoms with Gasteiger partial charge in [0.1, 0.15) is 0 Å². The van der Waals surface area contributed by atoms with Crippen LogP contribution >= 0.6 is 0 Å². The molecule has 0 amide bonds. The highest BCUT2D eigenvalue weighted by Gasteiger charge is 2.31. The summed E-state index contributed by atoms with van der Waals surface area (Å²) in [6.07, 6.45) is 3.37. The number of carbonyl (C=O) groups excluding carboxylic acids is 1. The fourth-order valence-corrected chi connectivity index (χ4v) is 2.66. The van der Waals surface area contributed by atoms with Crippen LogP contribution in [0.1, 0.15) is 44.7 Å². The van der Waals surface area contributed by atoms with Crippen LogP contribution < -0.4 is 0 Å². The minimum Gasteiger partial charge on any atom is -0.297 e. The van der Waals surface area contributed by atoms with Crippen molar-refractivity contribution in [1.29, 1.82) is 0 Å². The van der Waals surface area contributed by atoms with E-state index >= 15 is 0 Å². The Balaban J connectivity index is 2.25. The average Bonchev–Trinajstić information content (AvgIpc) is 2.93. The highest BCUT2D eigenvalue weighted by atomic mass is 16.1. The summed E-state index contributed by atoms with van der Waals surface area (Å²) in [6, 6.07) is 10.2. The van der Waals surface area contributed by atoms with Gasteiger partial charge < -0.3 is 0 Å². The zero-order chi connectivity index (χ0) is 13.0. The zero-order valence-corrected chi connectivity index (χ0v) is 11.4. The number of ketones is 1. The molecule has 2 rings (SSSR count). The summed E-state index contributed by atoms with van der Waals surface area (Å²) < 4.78 is 0. The lowest BCUT2D eigenvalue weighted by molar-refractivity contribution is -0.127. The van der Waals surface area contributed by atoms with E-state index in [4.69, 9.17) is 0 Å². The first-order valence-electron chi connectivity index (χ1n) is 7.06. The monoisotopic (exact) mass is 245 g/mol. The maximum absolute atomic E-state index is 12.6. The standard InChI is InChI=1S/C16H23NO/c1-3-13(2)16(18)15(17-11-7-8-12-17)14-9-5-4-6-10-14/h4-6,9-10,13,15H,3,7-8,11-12H2,1-2H3/t13?,15-/m1/s1. The molecule has 0 radical (unpaired) electrons. The van der Waals surface area contributed by atoms with Gasteiger partial charge in [-0.05, 0) is 37.9 Å². The Kier molecular flexibility index (Phi) is 4.54. The molecule has 1 aromatic rings. The van der Waals surface area contributed by atoms with Crippen molar-refractivity contribution in [3.8, 4) is 0 Å². The van der Waals surface area contributed by atoms with Gasteiger partial charge in [0, 0.05) is 5.92 Å². The van der Waals surface area contributed by atoms with Crippen LogP contribution in [0.4, 0.5) is 0 Å². The van der Waals surface area contributed by atoms with E-state index in [1.54, 1.807) is 0 Å². The molecule has 1 aliphatic rings. The van der Waals surface area contributed by atoms with Gasteiger partial charge in [-0.3, -0.25) is 9.69 Å². The van der Waals surface area contributed by atoms with Gasteiger partial charge in [-0.1, -0.05) is 44.2 Å². The third-order valence-electron chi connectivity index (χ3n) is 3.99. The van der Waals surface area contributed by atoms with Gasteiger partial charge in [-0.15, -0.1) is 0 Å². The normalized spacial score (nSPS) is 19.7. The minimum absolute atomic E-state index is 0.0244. The average molecular weight is 245 g/mol. The molecule has 1 saturated heterocycles. The van der Waals surface area contributed by atoms with Crippen LogP contribution in [0.2, 0.25) is 0 Å². The second kappa shape index (κ2) is 6.14. The zero-order valence-electron chi connectivity index (χ0n) is 11.4. The van der Waals surface area contributed by atoms with Gasteiger partial charge in [0.2, 0.25) is 0 Å². The lowest BCUT2D eigenvalue weighted by atomic mass is 9.91. The van der Waals surface area contributed by atoms with Gasteiger partial charge in [-0.25, -0.2) is 0 Å². The number of carbonyl (C=O) groups is 1. The Morgan fingerprint density at radius 3 is 2.39 bits per heavy atom. The molecule has 0 N–H and O–H groups in total. The third-order valence-corrected chi connectivity index (χ3v) is 3.99. The first-order valence-corrected chi connectivity index (χ1v) is 7.06. The van der Waals surface area contributed by atoms with Gasteiger partial charge in [0.15, 0.2) is 5.78 Å². The molecule has 0 spiro atoms. The Bertz CT molecular complexity index is 381. The van der Waals surface area contributed by atoms with Crippen LogP contribution in [0.3, 0.4) is 0 Å². The molecule has 1 unspecified atom stereocenters. The Morgan fingerprint density at radius 1 is 1.22 bits per heavy atom. The third kappa shape index (κ3) is 2.81. The van der Waals surface area contributed by atoms with Crippen molar-refractivity contribution in [2.45, 2.75) is 39.2 Å². The van der Waals surface area contributed by atoms with E-state index in [0.717, 1.165) is 25.1 Å². The second-order valence-electron chi connectivity index (χ2n) is 5.27. The first kappa shape index (κ1) is 13.3. The summed E-state index contributed by atoms with van der Waals surface area (Å²) in [5.74, 6) is 0.529. The van der Waals surface area contributed by atoms with E-state index in [0.29, 0.717) is 5.78 Å². The van der Waals surface area contributed by atoms with Gasteiger partial charge >= 0.3 is 0 Å². The molecule has 1 aromatic carbocycles. The van der Waals surface area contributed by atoms with Crippen molar-refractivity contribution in [2.75, 3.05) is 13.1 Å². The van der Waals surface area contributed by atoms with E-state index in [-0.39, 0.29) is 12.0 Å². The van der Waals surface area contributed by atoms with Crippen molar-refractivity contribution >= 4 is 5.78 Å². The number of benzene rings is 1. The predicted molar refractivity (Wildman–Crippen MR) is 74.5 cm³/mol. The van der Waals surface area contributed by atoms with E-state index < -0.39 is 0 Å². The van der Waals surface area contributed by atoms with Crippen molar-refractivity contribution in [1.82, 2.24) is 4.90 Å². The molecule has 0 saturated carbocycles. The molecule has 18 heavy (non-hydrogen) atoms. The summed E-state index contributed by atoms with van der Waals surface area (Å²) in [6.45, 7) is 6.26. The maximum Gasteiger partial charge on any atom is 0.157 e. The van der Waals surface area contributed by atoms with Crippen LogP contribution in [-0.4, -0.2) is 23.8 Å². The van der Waals surface area contributed by atoms with Crippen LogP contribution in [0.15, 0.2) is 30.3 Å². The second-order valence-corrected chi connectivity index (χ2v) is 5.27. The summed E-state index contributed by atoms with van der Waals surface area (Å²) in [7, 11) is 0. The lowest BCUT2D eigenvalue weighted by Gasteiger charge is -2.28. The van der Waals surface area contributed by atoms with E-state index in [1.807, 2.05) is 25.1 Å². The quantitative estimate of drug-likeness (QED) is 0.792. The number of Topliss-reactive ketones (excluding diaryl/α,β-unsaturated/α-hetero) is 1. The van der Waals surface area contributed by atoms with Gasteiger partial charge in [0.25, 0.3) is 0 Å². The SMILES string of the molecule is CCC(C)C(=O)[C@@H](c1ccccc1)N1CCCC1. The molecule has 2 atom stereocenters. The summed E-state index contributed by atoms with van der Waals surface area (Å²) in [5.41, 5.74) is 1.16. The fraction of sp³-hybridized carbons (Fsp3) is 0.562. The van der Waals surface area contributed by atoms with E-state index in [9.17, 15) is 4.79 Å². The number of rotatable bonds is 5. The molecule has 1 fully saturated rings. The molecule has 2 heteroatoms. The van der Waals surface area contributed by atoms with Crippen LogP contribution in [0.25, 0.3) is 0 Å². The Labute approximate surface area is 110 Å². The summed E-state index contributed by atoms with van der Waals surface area (Å²) in [5, 5.41) is 0. The largest absolute Gasteiger partial charge is 0.297 e. The van der Waals surface area contributed by atoms with Crippen molar-refractivity contribution in [3.63, 3.8) is 0 Å². The number of nitrogens with zero attached hydrogens (tertiary/aromatic N) is 1. The maximum atomic E-state index is 12.6. The topological polar surface area (TPSA) is 20.3 Å². The highest BCUT2D eigenvalue weighted by Crippen LogP contribution is 2.28. The van der Waals surface area contributed by atoms with Crippen molar-refractivity contribution in [3.05, 3.63) is 35.9 Å². The van der Waals surface area contributed by atoms with Crippen LogP contribution in [0.5, 0.6) is 0 Å². The molecular weight excluding hydrogens is 222 g/mol. The van der Waals surface area contributed by atoms with Crippen molar-refractivity contribution < 1.29 is 4.79 Å². The molecule has 98 valence electrons. The number of hydrogen-bond donors (Lipinski definition) is 0. The van der Waals surface area contributed by atoms with Crippen LogP contribution in [-0.2, 0) is 4.79 Å². The first-order chi connectivity index (χ1) is 8.74. The summed E-state index contributed by atoms with van der Waals surface area (Å²) >= 11 is 0. The Morgan fingerprint density at radius 2 is 1.83 bits per heavy atom.